The van der Waals surface area contributed by atoms with Crippen molar-refractivity contribution in [3.05, 3.63) is 0 Å². The summed E-state index contributed by atoms with van der Waals surface area (Å²) in [4.78, 5) is 0. The van der Waals surface area contributed by atoms with E-state index in [1.54, 1.807) is 0 Å². The van der Waals surface area contributed by atoms with Crippen molar-refractivity contribution in [2.75, 3.05) is 0 Å². The lowest BCUT2D eigenvalue weighted by Gasteiger charge is -1.98. The average Bonchev–Trinajstić information content (AvgIpc) is 2.00. The number of hydrogen-bond donors (Lipinski definition) is 2. The molecule has 58 valence electrons. The molecule has 0 amide bonds. The van der Waals surface area contributed by atoms with E-state index in [4.69, 9.17) is 10.4 Å². The first-order valence-electron chi connectivity index (χ1n) is 3.22. The Morgan fingerprint density at radius 3 is 1.40 bits per heavy atom. The Kier molecular flexibility index (Phi) is 4.28. The fraction of sp³-hybridized carbons (Fsp3) is 0.667. The molecule has 4 nitrogen and oxygen atoms in total. The van der Waals surface area contributed by atoms with Crippen LogP contribution in [0.15, 0.2) is 10.3 Å². The van der Waals surface area contributed by atoms with Crippen LogP contribution in [0, 0.1) is 0 Å². The van der Waals surface area contributed by atoms with Crippen molar-refractivity contribution >= 4 is 11.4 Å². The molecule has 0 atom stereocenters. The Morgan fingerprint density at radius 2 is 1.30 bits per heavy atom. The highest BCUT2D eigenvalue weighted by molar-refractivity contribution is 6.41. The van der Waals surface area contributed by atoms with Crippen molar-refractivity contribution in [3.63, 3.8) is 0 Å². The average molecular weight is 144 g/mol. The van der Waals surface area contributed by atoms with Gasteiger partial charge in [0.05, 0.1) is 0 Å². The molecule has 0 aliphatic heterocycles. The molecule has 10 heavy (non-hydrogen) atoms. The van der Waals surface area contributed by atoms with Gasteiger partial charge in [-0.1, -0.05) is 24.2 Å². The summed E-state index contributed by atoms with van der Waals surface area (Å²) in [6, 6.07) is 0. The van der Waals surface area contributed by atoms with Crippen molar-refractivity contribution in [1.82, 2.24) is 0 Å². The van der Waals surface area contributed by atoms with Gasteiger partial charge in [-0.2, -0.15) is 0 Å². The summed E-state index contributed by atoms with van der Waals surface area (Å²) in [5.74, 6) is 0. The molecule has 0 saturated heterocycles. The molecule has 0 aromatic heterocycles. The molecule has 0 aromatic rings. The van der Waals surface area contributed by atoms with E-state index in [1.165, 1.54) is 0 Å². The fourth-order valence-electron chi connectivity index (χ4n) is 0.665. The Hall–Kier alpha value is -1.06. The maximum atomic E-state index is 8.35. The van der Waals surface area contributed by atoms with Gasteiger partial charge in [0.25, 0.3) is 0 Å². The molecular weight excluding hydrogens is 132 g/mol. The smallest absolute Gasteiger partial charge is 0.104 e. The second-order valence-electron chi connectivity index (χ2n) is 1.80. The molecule has 2 N–H and O–H groups in total. The summed E-state index contributed by atoms with van der Waals surface area (Å²) in [6.45, 7) is 3.66. The SMILES string of the molecule is CCC(=N/O)/C(CC)=N\O. The van der Waals surface area contributed by atoms with E-state index < -0.39 is 0 Å². The third-order valence-electron chi connectivity index (χ3n) is 1.24. The predicted octanol–water partition coefficient (Wildman–Crippen LogP) is 1.47. The van der Waals surface area contributed by atoms with Crippen molar-refractivity contribution in [2.24, 2.45) is 10.3 Å². The van der Waals surface area contributed by atoms with Gasteiger partial charge in [0.2, 0.25) is 0 Å². The Labute approximate surface area is 59.9 Å². The van der Waals surface area contributed by atoms with Crippen LogP contribution < -0.4 is 0 Å². The Bertz CT molecular complexity index is 134. The van der Waals surface area contributed by atoms with Crippen molar-refractivity contribution in [2.45, 2.75) is 26.7 Å². The molecule has 0 bridgehead atoms. The van der Waals surface area contributed by atoms with Gasteiger partial charge in [0, 0.05) is 0 Å². The van der Waals surface area contributed by atoms with Gasteiger partial charge in [-0.15, -0.1) is 0 Å². The van der Waals surface area contributed by atoms with Gasteiger partial charge < -0.3 is 10.4 Å². The van der Waals surface area contributed by atoms with E-state index >= 15 is 0 Å². The third-order valence-corrected chi connectivity index (χ3v) is 1.24. The molecule has 0 aliphatic carbocycles. The van der Waals surface area contributed by atoms with Gasteiger partial charge in [-0.05, 0) is 12.8 Å². The highest BCUT2D eigenvalue weighted by atomic mass is 16.4. The third kappa shape index (κ3) is 2.05. The minimum absolute atomic E-state index is 0.435. The molecule has 0 aliphatic rings. The zero-order valence-corrected chi connectivity index (χ0v) is 6.20. The fourth-order valence-corrected chi connectivity index (χ4v) is 0.665. The molecule has 0 aromatic carbocycles. The van der Waals surface area contributed by atoms with Crippen molar-refractivity contribution in [1.29, 1.82) is 0 Å². The monoisotopic (exact) mass is 144 g/mol. The normalized spacial score (nSPS) is 13.8. The summed E-state index contributed by atoms with van der Waals surface area (Å²) in [5, 5.41) is 22.7. The van der Waals surface area contributed by atoms with E-state index in [1.807, 2.05) is 13.8 Å². The van der Waals surface area contributed by atoms with E-state index in [2.05, 4.69) is 10.3 Å². The standard InChI is InChI=1S/C6H12N2O2/c1-3-5(7-9)6(4-2)8-10/h9-10H,3-4H2,1-2H3/b7-5-,8-6-. The van der Waals surface area contributed by atoms with Crippen LogP contribution in [0.4, 0.5) is 0 Å². The zero-order chi connectivity index (χ0) is 7.98. The van der Waals surface area contributed by atoms with Crippen LogP contribution in [0.1, 0.15) is 26.7 Å². The summed E-state index contributed by atoms with van der Waals surface area (Å²) in [7, 11) is 0. The molecule has 0 spiro atoms. The topological polar surface area (TPSA) is 65.2 Å². The molecule has 0 rings (SSSR count). The Balaban J connectivity index is 4.27. The second-order valence-corrected chi connectivity index (χ2v) is 1.80. The summed E-state index contributed by atoms with van der Waals surface area (Å²) < 4.78 is 0. The highest BCUT2D eigenvalue weighted by Gasteiger charge is 2.04. The lowest BCUT2D eigenvalue weighted by atomic mass is 10.1. The largest absolute Gasteiger partial charge is 0.411 e. The molecular formula is C6H12N2O2. The first kappa shape index (κ1) is 8.94. The van der Waals surface area contributed by atoms with Gasteiger partial charge in [0.15, 0.2) is 0 Å². The van der Waals surface area contributed by atoms with Crippen LogP contribution in [0.25, 0.3) is 0 Å². The van der Waals surface area contributed by atoms with Crippen LogP contribution in [0.3, 0.4) is 0 Å². The maximum Gasteiger partial charge on any atom is 0.104 e. The first-order chi connectivity index (χ1) is 4.79. The number of rotatable bonds is 3. The van der Waals surface area contributed by atoms with Gasteiger partial charge in [-0.3, -0.25) is 0 Å². The molecule has 4 heteroatoms. The van der Waals surface area contributed by atoms with Crippen LogP contribution >= 0.6 is 0 Å². The summed E-state index contributed by atoms with van der Waals surface area (Å²) in [5.41, 5.74) is 0.870. The van der Waals surface area contributed by atoms with Gasteiger partial charge >= 0.3 is 0 Å². The summed E-state index contributed by atoms with van der Waals surface area (Å²) in [6.07, 6.45) is 1.15. The second kappa shape index (κ2) is 4.78. The van der Waals surface area contributed by atoms with Gasteiger partial charge in [-0.25, -0.2) is 0 Å². The lowest BCUT2D eigenvalue weighted by molar-refractivity contribution is 0.312. The van der Waals surface area contributed by atoms with Crippen LogP contribution in [0.2, 0.25) is 0 Å². The highest BCUT2D eigenvalue weighted by Crippen LogP contribution is 1.93. The summed E-state index contributed by atoms with van der Waals surface area (Å²) >= 11 is 0. The molecule has 0 heterocycles. The zero-order valence-electron chi connectivity index (χ0n) is 6.20. The lowest BCUT2D eigenvalue weighted by Crippen LogP contribution is -2.11. The van der Waals surface area contributed by atoms with Crippen molar-refractivity contribution < 1.29 is 10.4 Å². The van der Waals surface area contributed by atoms with Crippen LogP contribution in [0.5, 0.6) is 0 Å². The van der Waals surface area contributed by atoms with E-state index in [-0.39, 0.29) is 0 Å². The van der Waals surface area contributed by atoms with Crippen LogP contribution in [-0.4, -0.2) is 21.8 Å². The number of nitrogens with zero attached hydrogens (tertiary/aromatic N) is 2. The molecule has 0 fully saturated rings. The first-order valence-corrected chi connectivity index (χ1v) is 3.22. The van der Waals surface area contributed by atoms with Gasteiger partial charge in [0.1, 0.15) is 11.4 Å². The van der Waals surface area contributed by atoms with E-state index in [9.17, 15) is 0 Å². The predicted molar refractivity (Wildman–Crippen MR) is 39.0 cm³/mol. The maximum absolute atomic E-state index is 8.35. The van der Waals surface area contributed by atoms with E-state index in [0.717, 1.165) is 0 Å². The number of hydrogen-bond acceptors (Lipinski definition) is 4. The molecule has 0 radical (unpaired) electrons. The molecule has 0 unspecified atom stereocenters. The molecule has 0 saturated carbocycles. The quantitative estimate of drug-likeness (QED) is 0.358. The number of oxime groups is 2. The Morgan fingerprint density at radius 1 is 1.00 bits per heavy atom. The van der Waals surface area contributed by atoms with E-state index in [0.29, 0.717) is 24.3 Å². The van der Waals surface area contributed by atoms with Crippen LogP contribution in [-0.2, 0) is 0 Å². The minimum atomic E-state index is 0.435. The minimum Gasteiger partial charge on any atom is -0.411 e. The van der Waals surface area contributed by atoms with Crippen molar-refractivity contribution in [3.8, 4) is 0 Å².